The van der Waals surface area contributed by atoms with E-state index in [0.29, 0.717) is 10.8 Å². The van der Waals surface area contributed by atoms with Gasteiger partial charge in [-0.1, -0.05) is 36.9 Å². The number of benzene rings is 1. The van der Waals surface area contributed by atoms with Crippen molar-refractivity contribution >= 4 is 17.6 Å². The lowest BCUT2D eigenvalue weighted by Crippen LogP contribution is -2.52. The van der Waals surface area contributed by atoms with Gasteiger partial charge in [-0.15, -0.1) is 5.10 Å². The van der Waals surface area contributed by atoms with Crippen LogP contribution in [0.3, 0.4) is 0 Å². The van der Waals surface area contributed by atoms with Crippen LogP contribution in [-0.2, 0) is 5.54 Å². The summed E-state index contributed by atoms with van der Waals surface area (Å²) in [5, 5.41) is 15.8. The molecule has 0 spiro atoms. The van der Waals surface area contributed by atoms with Crippen molar-refractivity contribution in [1.82, 2.24) is 30.4 Å². The Morgan fingerprint density at radius 3 is 2.72 bits per heavy atom. The summed E-state index contributed by atoms with van der Waals surface area (Å²) in [7, 11) is 3.45. The SMILES string of the molecule is CNC(=O)N(C)C1(c2nnnn2-c2cccc(Cl)c2C)CCCCC1. The third-order valence-corrected chi connectivity index (χ3v) is 5.60. The molecule has 0 saturated heterocycles. The van der Waals surface area contributed by atoms with Crippen LogP contribution in [0, 0.1) is 6.92 Å². The minimum atomic E-state index is -0.531. The Labute approximate surface area is 152 Å². The van der Waals surface area contributed by atoms with E-state index >= 15 is 0 Å². The normalized spacial score (nSPS) is 16.5. The third kappa shape index (κ3) is 2.97. The molecule has 0 bridgehead atoms. The van der Waals surface area contributed by atoms with Crippen molar-refractivity contribution in [3.63, 3.8) is 0 Å². The molecular formula is C17H23ClN6O. The number of amides is 2. The molecule has 1 fully saturated rings. The van der Waals surface area contributed by atoms with Crippen LogP contribution in [0.1, 0.15) is 43.5 Å². The number of aromatic nitrogens is 4. The van der Waals surface area contributed by atoms with E-state index in [0.717, 1.165) is 43.4 Å². The maximum Gasteiger partial charge on any atom is 0.317 e. The Morgan fingerprint density at radius 1 is 1.32 bits per heavy atom. The van der Waals surface area contributed by atoms with Crippen molar-refractivity contribution in [2.75, 3.05) is 14.1 Å². The van der Waals surface area contributed by atoms with Gasteiger partial charge in [-0.3, -0.25) is 0 Å². The van der Waals surface area contributed by atoms with Gasteiger partial charge in [-0.05, 0) is 47.9 Å². The second kappa shape index (κ2) is 7.00. The summed E-state index contributed by atoms with van der Waals surface area (Å²) in [5.74, 6) is 0.684. The monoisotopic (exact) mass is 362 g/mol. The van der Waals surface area contributed by atoms with Crippen LogP contribution < -0.4 is 5.32 Å². The molecule has 1 aromatic carbocycles. The van der Waals surface area contributed by atoms with Crippen LogP contribution in [0.15, 0.2) is 18.2 Å². The highest BCUT2D eigenvalue weighted by molar-refractivity contribution is 6.31. The molecule has 0 atom stereocenters. The number of tetrazole rings is 1. The van der Waals surface area contributed by atoms with E-state index in [9.17, 15) is 4.79 Å². The second-order valence-corrected chi connectivity index (χ2v) is 6.91. The molecule has 3 rings (SSSR count). The first-order valence-corrected chi connectivity index (χ1v) is 8.89. The van der Waals surface area contributed by atoms with Crippen LogP contribution in [0.4, 0.5) is 4.79 Å². The lowest BCUT2D eigenvalue weighted by Gasteiger charge is -2.43. The summed E-state index contributed by atoms with van der Waals surface area (Å²) in [4.78, 5) is 14.1. The van der Waals surface area contributed by atoms with E-state index in [1.165, 1.54) is 0 Å². The molecular weight excluding hydrogens is 340 g/mol. The number of hydrogen-bond acceptors (Lipinski definition) is 4. The first kappa shape index (κ1) is 17.7. The van der Waals surface area contributed by atoms with E-state index < -0.39 is 5.54 Å². The van der Waals surface area contributed by atoms with E-state index in [4.69, 9.17) is 11.6 Å². The molecule has 0 aliphatic heterocycles. The zero-order chi connectivity index (χ0) is 18.0. The molecule has 1 N–H and O–H groups in total. The maximum atomic E-state index is 12.4. The predicted molar refractivity (Wildman–Crippen MR) is 95.9 cm³/mol. The summed E-state index contributed by atoms with van der Waals surface area (Å²) in [6, 6.07) is 5.53. The van der Waals surface area contributed by atoms with Crippen LogP contribution in [-0.4, -0.2) is 45.2 Å². The fourth-order valence-corrected chi connectivity index (χ4v) is 3.84. The molecule has 0 radical (unpaired) electrons. The lowest BCUT2D eigenvalue weighted by atomic mass is 9.79. The summed E-state index contributed by atoms with van der Waals surface area (Å²) >= 11 is 6.28. The van der Waals surface area contributed by atoms with Crippen molar-refractivity contribution in [2.24, 2.45) is 0 Å². The Balaban J connectivity index is 2.14. The maximum absolute atomic E-state index is 12.4. The molecule has 1 heterocycles. The first-order valence-electron chi connectivity index (χ1n) is 8.51. The topological polar surface area (TPSA) is 75.9 Å². The number of carbonyl (C=O) groups is 1. The third-order valence-electron chi connectivity index (χ3n) is 5.19. The van der Waals surface area contributed by atoms with Gasteiger partial charge in [-0.2, -0.15) is 4.68 Å². The van der Waals surface area contributed by atoms with Gasteiger partial charge in [-0.25, -0.2) is 4.79 Å². The number of nitrogens with zero attached hydrogens (tertiary/aromatic N) is 5. The van der Waals surface area contributed by atoms with Gasteiger partial charge in [0.1, 0.15) is 5.54 Å². The highest BCUT2D eigenvalue weighted by Crippen LogP contribution is 2.41. The highest BCUT2D eigenvalue weighted by Gasteiger charge is 2.44. The second-order valence-electron chi connectivity index (χ2n) is 6.50. The van der Waals surface area contributed by atoms with E-state index in [1.54, 1.807) is 16.6 Å². The average molecular weight is 363 g/mol. The number of carbonyl (C=O) groups excluding carboxylic acids is 1. The summed E-state index contributed by atoms with van der Waals surface area (Å²) in [6.45, 7) is 1.94. The average Bonchev–Trinajstić information content (AvgIpc) is 3.13. The Kier molecular flexibility index (Phi) is 4.94. The smallest absolute Gasteiger partial charge is 0.317 e. The van der Waals surface area contributed by atoms with E-state index in [2.05, 4.69) is 20.8 Å². The zero-order valence-corrected chi connectivity index (χ0v) is 15.5. The van der Waals surface area contributed by atoms with Crippen molar-refractivity contribution in [2.45, 2.75) is 44.6 Å². The molecule has 1 saturated carbocycles. The van der Waals surface area contributed by atoms with E-state index in [-0.39, 0.29) is 6.03 Å². The van der Waals surface area contributed by atoms with Gasteiger partial charge in [0.15, 0.2) is 5.82 Å². The number of rotatable bonds is 3. The Morgan fingerprint density at radius 2 is 2.04 bits per heavy atom. The highest BCUT2D eigenvalue weighted by atomic mass is 35.5. The molecule has 1 aromatic heterocycles. The minimum absolute atomic E-state index is 0.140. The van der Waals surface area contributed by atoms with Crippen molar-refractivity contribution < 1.29 is 4.79 Å². The molecule has 2 aromatic rings. The van der Waals surface area contributed by atoms with Gasteiger partial charge in [0.05, 0.1) is 5.69 Å². The molecule has 0 unspecified atom stereocenters. The van der Waals surface area contributed by atoms with Crippen molar-refractivity contribution in [1.29, 1.82) is 0 Å². The molecule has 2 amide bonds. The molecule has 8 heteroatoms. The van der Waals surface area contributed by atoms with Crippen molar-refractivity contribution in [3.05, 3.63) is 34.6 Å². The van der Waals surface area contributed by atoms with Crippen LogP contribution in [0.25, 0.3) is 5.69 Å². The largest absolute Gasteiger partial charge is 0.341 e. The first-order chi connectivity index (χ1) is 12.0. The molecule has 134 valence electrons. The van der Waals surface area contributed by atoms with Gasteiger partial charge < -0.3 is 10.2 Å². The zero-order valence-electron chi connectivity index (χ0n) is 14.8. The standard InChI is InChI=1S/C17H23ClN6O/c1-12-13(18)8-7-9-14(12)24-15(20-21-22-24)17(10-5-4-6-11-17)23(3)16(25)19-2/h7-9H,4-6,10-11H2,1-3H3,(H,19,25). The number of nitrogens with one attached hydrogen (secondary N) is 1. The number of halogens is 1. The number of urea groups is 1. The fraction of sp³-hybridized carbons (Fsp3) is 0.529. The van der Waals surface area contributed by atoms with Gasteiger partial charge >= 0.3 is 6.03 Å². The predicted octanol–water partition coefficient (Wildman–Crippen LogP) is 3.05. The van der Waals surface area contributed by atoms with Crippen molar-refractivity contribution in [3.8, 4) is 5.69 Å². The van der Waals surface area contributed by atoms with E-state index in [1.807, 2.05) is 32.2 Å². The molecule has 1 aliphatic carbocycles. The Hall–Kier alpha value is -2.15. The summed E-state index contributed by atoms with van der Waals surface area (Å²) in [6.07, 6.45) is 4.88. The van der Waals surface area contributed by atoms with Gasteiger partial charge in [0.25, 0.3) is 0 Å². The Bertz CT molecular complexity index is 768. The molecule has 7 nitrogen and oxygen atoms in total. The quantitative estimate of drug-likeness (QED) is 0.910. The fourth-order valence-electron chi connectivity index (χ4n) is 3.67. The molecule has 1 aliphatic rings. The summed E-state index contributed by atoms with van der Waals surface area (Å²) < 4.78 is 1.73. The van der Waals surface area contributed by atoms with Crippen LogP contribution >= 0.6 is 11.6 Å². The van der Waals surface area contributed by atoms with Crippen LogP contribution in [0.5, 0.6) is 0 Å². The number of hydrogen-bond donors (Lipinski definition) is 1. The van der Waals surface area contributed by atoms with Crippen LogP contribution in [0.2, 0.25) is 5.02 Å². The minimum Gasteiger partial charge on any atom is -0.341 e. The van der Waals surface area contributed by atoms with Gasteiger partial charge in [0, 0.05) is 19.1 Å². The lowest BCUT2D eigenvalue weighted by molar-refractivity contribution is 0.0873. The summed E-state index contributed by atoms with van der Waals surface area (Å²) in [5.41, 5.74) is 1.21. The molecule has 25 heavy (non-hydrogen) atoms. The van der Waals surface area contributed by atoms with Gasteiger partial charge in [0.2, 0.25) is 0 Å².